The molecule has 2 saturated heterocycles. The number of hydrogen-bond acceptors (Lipinski definition) is 4. The third kappa shape index (κ3) is 2.98. The van der Waals surface area contributed by atoms with Crippen LogP contribution in [0, 0.1) is 11.8 Å². The first-order valence-corrected chi connectivity index (χ1v) is 8.67. The lowest BCUT2D eigenvalue weighted by molar-refractivity contribution is 0.219. The Hall–Kier alpha value is -3.03. The average Bonchev–Trinajstić information content (AvgIpc) is 3.19. The van der Waals surface area contributed by atoms with E-state index in [1.807, 2.05) is 40.1 Å². The van der Waals surface area contributed by atoms with E-state index in [2.05, 4.69) is 10.3 Å². The summed E-state index contributed by atoms with van der Waals surface area (Å²) in [7, 11) is 1.45. The summed E-state index contributed by atoms with van der Waals surface area (Å²) < 4.78 is 1.05. The Labute approximate surface area is 150 Å². The lowest BCUT2D eigenvalue weighted by Gasteiger charge is -2.23. The number of nitrogens with one attached hydrogen (secondary N) is 2. The minimum absolute atomic E-state index is 0.0841. The predicted molar refractivity (Wildman–Crippen MR) is 98.5 cm³/mol. The molecule has 1 aromatic carbocycles. The van der Waals surface area contributed by atoms with Gasteiger partial charge in [-0.3, -0.25) is 14.3 Å². The van der Waals surface area contributed by atoms with E-state index < -0.39 is 5.69 Å². The topological polar surface area (TPSA) is 90.4 Å². The monoisotopic (exact) mass is 355 g/mol. The number of carbonyl (C=O) groups is 1. The third-order valence-corrected chi connectivity index (χ3v) is 5.27. The van der Waals surface area contributed by atoms with Crippen molar-refractivity contribution in [3.8, 4) is 0 Å². The number of amides is 2. The Kier molecular flexibility index (Phi) is 4.02. The fourth-order valence-electron chi connectivity index (χ4n) is 3.79. The number of benzene rings is 1. The first-order chi connectivity index (χ1) is 12.5. The van der Waals surface area contributed by atoms with Crippen molar-refractivity contribution >= 4 is 17.5 Å². The zero-order valence-electron chi connectivity index (χ0n) is 14.5. The SMILES string of the molecule is Cn1c(=O)cc(N2CC3CN(C(=O)Nc4ccccc4)CC3C2)[nH]c1=O. The van der Waals surface area contributed by atoms with E-state index in [0.29, 0.717) is 30.7 Å². The number of aromatic nitrogens is 2. The van der Waals surface area contributed by atoms with Crippen molar-refractivity contribution in [2.24, 2.45) is 18.9 Å². The van der Waals surface area contributed by atoms with Gasteiger partial charge < -0.3 is 15.1 Å². The number of urea groups is 1. The van der Waals surface area contributed by atoms with Crippen LogP contribution in [0.5, 0.6) is 0 Å². The molecule has 0 bridgehead atoms. The molecule has 2 unspecified atom stereocenters. The van der Waals surface area contributed by atoms with E-state index in [4.69, 9.17) is 0 Å². The molecule has 3 heterocycles. The minimum Gasteiger partial charge on any atom is -0.357 e. The zero-order valence-corrected chi connectivity index (χ0v) is 14.5. The van der Waals surface area contributed by atoms with Crippen molar-refractivity contribution in [1.29, 1.82) is 0 Å². The van der Waals surface area contributed by atoms with Crippen LogP contribution >= 0.6 is 0 Å². The molecule has 2 fully saturated rings. The first-order valence-electron chi connectivity index (χ1n) is 8.67. The maximum atomic E-state index is 12.4. The van der Waals surface area contributed by atoms with Crippen molar-refractivity contribution in [1.82, 2.24) is 14.5 Å². The maximum absolute atomic E-state index is 12.4. The molecule has 0 saturated carbocycles. The van der Waals surface area contributed by atoms with Gasteiger partial charge in [-0.2, -0.15) is 0 Å². The van der Waals surface area contributed by atoms with E-state index in [0.717, 1.165) is 23.3 Å². The van der Waals surface area contributed by atoms with E-state index in [-0.39, 0.29) is 11.6 Å². The Bertz CT molecular complexity index is 891. The summed E-state index contributed by atoms with van der Waals surface area (Å²) in [6.45, 7) is 2.80. The fourth-order valence-corrected chi connectivity index (χ4v) is 3.79. The molecule has 2 N–H and O–H groups in total. The molecule has 2 aliphatic heterocycles. The summed E-state index contributed by atoms with van der Waals surface area (Å²) in [5.74, 6) is 1.24. The number of carbonyl (C=O) groups excluding carboxylic acids is 1. The number of fused-ring (bicyclic) bond motifs is 1. The number of aromatic amines is 1. The summed E-state index contributed by atoms with van der Waals surface area (Å²) in [5.41, 5.74) is 0.0620. The largest absolute Gasteiger partial charge is 0.357 e. The Morgan fingerprint density at radius 2 is 1.73 bits per heavy atom. The molecule has 1 aromatic heterocycles. The van der Waals surface area contributed by atoms with Gasteiger partial charge in [0, 0.05) is 56.8 Å². The maximum Gasteiger partial charge on any atom is 0.329 e. The summed E-state index contributed by atoms with van der Waals surface area (Å²) in [4.78, 5) is 42.7. The van der Waals surface area contributed by atoms with Crippen LogP contribution in [-0.2, 0) is 7.05 Å². The second-order valence-electron chi connectivity index (χ2n) is 6.98. The second kappa shape index (κ2) is 6.36. The van der Waals surface area contributed by atoms with Gasteiger partial charge in [0.05, 0.1) is 0 Å². The quantitative estimate of drug-likeness (QED) is 0.829. The molecule has 2 atom stereocenters. The number of rotatable bonds is 2. The van der Waals surface area contributed by atoms with Gasteiger partial charge in [-0.15, -0.1) is 0 Å². The predicted octanol–water partition coefficient (Wildman–Crippen LogP) is 0.674. The lowest BCUT2D eigenvalue weighted by Crippen LogP contribution is -2.38. The van der Waals surface area contributed by atoms with Gasteiger partial charge in [0.25, 0.3) is 5.56 Å². The Morgan fingerprint density at radius 3 is 2.35 bits per heavy atom. The molecule has 0 radical (unpaired) electrons. The highest BCUT2D eigenvalue weighted by Gasteiger charge is 2.42. The number of anilines is 2. The van der Waals surface area contributed by atoms with Gasteiger partial charge in [0.2, 0.25) is 0 Å². The molecular formula is C18H21N5O3. The first kappa shape index (κ1) is 16.4. The van der Waals surface area contributed by atoms with Crippen molar-refractivity contribution in [3.05, 3.63) is 57.2 Å². The molecule has 2 amide bonds. The number of hydrogen-bond donors (Lipinski definition) is 2. The highest BCUT2D eigenvalue weighted by molar-refractivity contribution is 5.89. The van der Waals surface area contributed by atoms with Gasteiger partial charge >= 0.3 is 11.7 Å². The van der Waals surface area contributed by atoms with Gasteiger partial charge in [0.1, 0.15) is 5.82 Å². The van der Waals surface area contributed by atoms with Crippen LogP contribution in [-0.4, -0.2) is 46.7 Å². The van der Waals surface area contributed by atoms with Crippen LogP contribution in [0.4, 0.5) is 16.3 Å². The molecule has 2 aromatic rings. The molecule has 2 aliphatic rings. The Morgan fingerprint density at radius 1 is 1.08 bits per heavy atom. The minimum atomic E-state index is -0.409. The number of para-hydroxylation sites is 1. The highest BCUT2D eigenvalue weighted by Crippen LogP contribution is 2.33. The van der Waals surface area contributed by atoms with Crippen LogP contribution < -0.4 is 21.5 Å². The van der Waals surface area contributed by atoms with Gasteiger partial charge in [-0.25, -0.2) is 9.59 Å². The number of likely N-dealkylation sites (tertiary alicyclic amines) is 1. The van der Waals surface area contributed by atoms with E-state index in [1.54, 1.807) is 0 Å². The van der Waals surface area contributed by atoms with E-state index in [1.165, 1.54) is 13.1 Å². The molecule has 8 nitrogen and oxygen atoms in total. The van der Waals surface area contributed by atoms with Crippen LogP contribution in [0.15, 0.2) is 46.0 Å². The van der Waals surface area contributed by atoms with Crippen molar-refractivity contribution in [2.45, 2.75) is 0 Å². The van der Waals surface area contributed by atoms with E-state index >= 15 is 0 Å². The smallest absolute Gasteiger partial charge is 0.329 e. The molecule has 26 heavy (non-hydrogen) atoms. The third-order valence-electron chi connectivity index (χ3n) is 5.27. The van der Waals surface area contributed by atoms with Crippen LogP contribution in [0.3, 0.4) is 0 Å². The van der Waals surface area contributed by atoms with E-state index in [9.17, 15) is 14.4 Å². The van der Waals surface area contributed by atoms with Crippen molar-refractivity contribution < 1.29 is 4.79 Å². The molecule has 0 aliphatic carbocycles. The summed E-state index contributed by atoms with van der Waals surface area (Å²) >= 11 is 0. The normalized spacial score (nSPS) is 21.7. The molecule has 0 spiro atoms. The average molecular weight is 355 g/mol. The zero-order chi connectivity index (χ0) is 18.3. The van der Waals surface area contributed by atoms with Crippen LogP contribution in [0.2, 0.25) is 0 Å². The highest BCUT2D eigenvalue weighted by atomic mass is 16.2. The van der Waals surface area contributed by atoms with Gasteiger partial charge in [0.15, 0.2) is 0 Å². The van der Waals surface area contributed by atoms with Crippen molar-refractivity contribution in [2.75, 3.05) is 36.4 Å². The van der Waals surface area contributed by atoms with Gasteiger partial charge in [-0.05, 0) is 12.1 Å². The standard InChI is InChI=1S/C18H21N5O3/c1-21-16(24)7-15(20-17(21)25)22-8-12-10-23(11-13(12)9-22)18(26)19-14-5-3-2-4-6-14/h2-7,12-13H,8-11H2,1H3,(H,19,26)(H,20,25). The van der Waals surface area contributed by atoms with Gasteiger partial charge in [-0.1, -0.05) is 18.2 Å². The van der Waals surface area contributed by atoms with Crippen molar-refractivity contribution in [3.63, 3.8) is 0 Å². The summed E-state index contributed by atoms with van der Waals surface area (Å²) in [6.07, 6.45) is 0. The molecule has 4 rings (SSSR count). The fraction of sp³-hybridized carbons (Fsp3) is 0.389. The Balaban J connectivity index is 1.40. The summed E-state index contributed by atoms with van der Waals surface area (Å²) in [5, 5.41) is 2.92. The van der Waals surface area contributed by atoms with Crippen LogP contribution in [0.25, 0.3) is 0 Å². The summed E-state index contributed by atoms with van der Waals surface area (Å²) in [6, 6.07) is 10.8. The second-order valence-corrected chi connectivity index (χ2v) is 6.98. The molecule has 8 heteroatoms. The van der Waals surface area contributed by atoms with Crippen LogP contribution in [0.1, 0.15) is 0 Å². The number of H-pyrrole nitrogens is 1. The molecular weight excluding hydrogens is 334 g/mol. The lowest BCUT2D eigenvalue weighted by atomic mass is 10.0. The molecule has 136 valence electrons. The number of nitrogens with zero attached hydrogens (tertiary/aromatic N) is 3.